The Kier molecular flexibility index (Phi) is 5.50. The van der Waals surface area contributed by atoms with E-state index in [1.807, 2.05) is 5.32 Å². The number of rotatable bonds is 4. The summed E-state index contributed by atoms with van der Waals surface area (Å²) in [5.41, 5.74) is -0.509. The molecule has 3 N–H and O–H groups in total. The van der Waals surface area contributed by atoms with Gasteiger partial charge in [0.05, 0.1) is 10.6 Å². The van der Waals surface area contributed by atoms with Crippen molar-refractivity contribution in [2.75, 3.05) is 5.32 Å². The molecule has 0 atom stereocenters. The minimum atomic E-state index is -4.87. The Bertz CT molecular complexity index is 1300. The summed E-state index contributed by atoms with van der Waals surface area (Å²) in [6.07, 6.45) is -1.78. The van der Waals surface area contributed by atoms with Gasteiger partial charge in [-0.15, -0.1) is 17.7 Å². The van der Waals surface area contributed by atoms with E-state index in [1.54, 1.807) is 0 Å². The summed E-state index contributed by atoms with van der Waals surface area (Å²) >= 11 is 3.99. The van der Waals surface area contributed by atoms with Crippen molar-refractivity contribution in [2.24, 2.45) is 0 Å². The first kappa shape index (κ1) is 22.0. The SMILES string of the molecule is O=C(Nc1cc(S(=O)(=O)O)cc2cc(S)cc(S(=O)(=O)O)c12)ON1C(=O)CCC1=O. The van der Waals surface area contributed by atoms with Crippen LogP contribution in [0.25, 0.3) is 10.8 Å². The first-order valence-corrected chi connectivity index (χ1v) is 11.2. The lowest BCUT2D eigenvalue weighted by molar-refractivity contribution is -0.170. The zero-order valence-electron chi connectivity index (χ0n) is 14.6. The van der Waals surface area contributed by atoms with E-state index in [9.17, 15) is 40.3 Å². The van der Waals surface area contributed by atoms with E-state index in [1.165, 1.54) is 6.07 Å². The lowest BCUT2D eigenvalue weighted by Gasteiger charge is -2.16. The summed E-state index contributed by atoms with van der Waals surface area (Å²) in [6, 6.07) is 3.76. The average Bonchev–Trinajstić information content (AvgIpc) is 2.91. The normalized spacial score (nSPS) is 15.0. The molecule has 2 aromatic rings. The molecular weight excluding hydrogens is 464 g/mol. The van der Waals surface area contributed by atoms with Crippen LogP contribution >= 0.6 is 12.6 Å². The lowest BCUT2D eigenvalue weighted by atomic mass is 10.1. The van der Waals surface area contributed by atoms with Crippen molar-refractivity contribution in [1.29, 1.82) is 0 Å². The van der Waals surface area contributed by atoms with Crippen LogP contribution in [-0.4, -0.2) is 48.9 Å². The Morgan fingerprint density at radius 1 is 1.00 bits per heavy atom. The number of carbonyl (C=O) groups is 3. The Morgan fingerprint density at radius 2 is 1.60 bits per heavy atom. The fourth-order valence-corrected chi connectivity index (χ4v) is 4.42. The molecule has 0 radical (unpaired) electrons. The minimum absolute atomic E-state index is 0.0180. The molecule has 1 aliphatic rings. The monoisotopic (exact) mass is 476 g/mol. The zero-order valence-corrected chi connectivity index (χ0v) is 17.1. The number of fused-ring (bicyclic) bond motifs is 1. The molecule has 0 bridgehead atoms. The number of hydroxylamine groups is 2. The maximum atomic E-state index is 12.2. The first-order chi connectivity index (χ1) is 13.8. The topological polar surface area (TPSA) is 184 Å². The number of carbonyl (C=O) groups excluding carboxylic acids is 3. The summed E-state index contributed by atoms with van der Waals surface area (Å²) < 4.78 is 65.6. The van der Waals surface area contributed by atoms with Crippen LogP contribution in [0, 0.1) is 0 Å². The molecular formula is C15H12N2O10S3. The zero-order chi connectivity index (χ0) is 22.4. The predicted octanol–water partition coefficient (Wildman–Crippen LogP) is 1.23. The number of thiol groups is 1. The number of nitrogens with one attached hydrogen (secondary N) is 1. The lowest BCUT2D eigenvalue weighted by Crippen LogP contribution is -2.34. The highest BCUT2D eigenvalue weighted by Crippen LogP contribution is 2.35. The van der Waals surface area contributed by atoms with Crippen molar-refractivity contribution >= 4 is 67.2 Å². The number of hydrogen-bond acceptors (Lipinski definition) is 9. The van der Waals surface area contributed by atoms with E-state index in [2.05, 4.69) is 17.5 Å². The summed E-state index contributed by atoms with van der Waals surface area (Å²) in [6.45, 7) is 0. The van der Waals surface area contributed by atoms with Crippen LogP contribution in [0.1, 0.15) is 12.8 Å². The van der Waals surface area contributed by atoms with Gasteiger partial charge < -0.3 is 4.84 Å². The molecule has 1 saturated heterocycles. The van der Waals surface area contributed by atoms with Gasteiger partial charge in [-0.2, -0.15) is 16.8 Å². The van der Waals surface area contributed by atoms with Gasteiger partial charge in [-0.25, -0.2) is 4.79 Å². The van der Waals surface area contributed by atoms with Crippen molar-refractivity contribution < 1.29 is 45.2 Å². The van der Waals surface area contributed by atoms with Crippen LogP contribution < -0.4 is 5.32 Å². The second kappa shape index (κ2) is 7.51. The van der Waals surface area contributed by atoms with Crippen LogP contribution in [0.3, 0.4) is 0 Å². The van der Waals surface area contributed by atoms with Crippen molar-refractivity contribution in [3.05, 3.63) is 24.3 Å². The van der Waals surface area contributed by atoms with E-state index in [0.29, 0.717) is 6.07 Å². The third kappa shape index (κ3) is 4.39. The van der Waals surface area contributed by atoms with Crippen LogP contribution in [0.5, 0.6) is 0 Å². The van der Waals surface area contributed by atoms with Crippen LogP contribution in [0.2, 0.25) is 0 Å². The van der Waals surface area contributed by atoms with Gasteiger partial charge in [0.1, 0.15) is 4.90 Å². The minimum Gasteiger partial charge on any atom is -0.311 e. The maximum absolute atomic E-state index is 12.2. The van der Waals surface area contributed by atoms with Crippen molar-refractivity contribution in [3.63, 3.8) is 0 Å². The molecule has 3 rings (SSSR count). The summed E-state index contributed by atoms with van der Waals surface area (Å²) in [7, 11) is -9.67. The van der Waals surface area contributed by atoms with E-state index in [0.717, 1.165) is 12.1 Å². The fraction of sp³-hybridized carbons (Fsp3) is 0.133. The molecule has 160 valence electrons. The highest BCUT2D eigenvalue weighted by atomic mass is 32.2. The maximum Gasteiger partial charge on any atom is 0.436 e. The molecule has 0 aromatic heterocycles. The molecule has 30 heavy (non-hydrogen) atoms. The van der Waals surface area contributed by atoms with Gasteiger partial charge in [-0.1, -0.05) is 0 Å². The third-order valence-electron chi connectivity index (χ3n) is 3.96. The highest BCUT2D eigenvalue weighted by molar-refractivity contribution is 7.86. The van der Waals surface area contributed by atoms with Gasteiger partial charge in [0, 0.05) is 23.1 Å². The standard InChI is InChI=1S/C15H12N2O10S3/c18-12-1-2-13(19)17(12)27-15(20)16-10-6-9(29(21,22)23)4-7-3-8(28)5-11(14(7)10)30(24,25)26/h3-6,28H,1-2H2,(H,16,20)(H,21,22,23)(H,24,25,26). The Morgan fingerprint density at radius 3 is 2.13 bits per heavy atom. The molecule has 1 aliphatic heterocycles. The predicted molar refractivity (Wildman–Crippen MR) is 102 cm³/mol. The molecule has 1 heterocycles. The van der Waals surface area contributed by atoms with E-state index >= 15 is 0 Å². The molecule has 12 nitrogen and oxygen atoms in total. The molecule has 1 fully saturated rings. The highest BCUT2D eigenvalue weighted by Gasteiger charge is 2.33. The molecule has 3 amide bonds. The molecule has 0 saturated carbocycles. The number of amides is 3. The van der Waals surface area contributed by atoms with E-state index in [-0.39, 0.29) is 33.6 Å². The molecule has 2 aromatic carbocycles. The molecule has 0 aliphatic carbocycles. The van der Waals surface area contributed by atoms with Gasteiger partial charge in [0.2, 0.25) is 0 Å². The largest absolute Gasteiger partial charge is 0.436 e. The quantitative estimate of drug-likeness (QED) is 0.284. The number of anilines is 1. The van der Waals surface area contributed by atoms with Gasteiger partial charge in [-0.3, -0.25) is 24.0 Å². The number of nitrogens with zero attached hydrogens (tertiary/aromatic N) is 1. The van der Waals surface area contributed by atoms with Crippen LogP contribution in [0.15, 0.2) is 39.0 Å². The smallest absolute Gasteiger partial charge is 0.311 e. The third-order valence-corrected chi connectivity index (χ3v) is 5.93. The van der Waals surface area contributed by atoms with E-state index < -0.39 is 53.6 Å². The Hall–Kier alpha value is -2.72. The van der Waals surface area contributed by atoms with Crippen LogP contribution in [0.4, 0.5) is 10.5 Å². The van der Waals surface area contributed by atoms with Crippen molar-refractivity contribution in [2.45, 2.75) is 27.5 Å². The molecule has 0 unspecified atom stereocenters. The Labute approximate surface area is 174 Å². The molecule has 0 spiro atoms. The second-order valence-electron chi connectivity index (χ2n) is 6.05. The summed E-state index contributed by atoms with van der Waals surface area (Å²) in [5, 5.41) is 1.76. The van der Waals surface area contributed by atoms with Gasteiger partial charge >= 0.3 is 6.09 Å². The van der Waals surface area contributed by atoms with Gasteiger partial charge in [0.25, 0.3) is 32.1 Å². The number of benzene rings is 2. The molecule has 15 heteroatoms. The van der Waals surface area contributed by atoms with Crippen molar-refractivity contribution in [1.82, 2.24) is 5.06 Å². The number of hydrogen-bond donors (Lipinski definition) is 4. The number of imide groups is 1. The van der Waals surface area contributed by atoms with Crippen molar-refractivity contribution in [3.8, 4) is 0 Å². The first-order valence-electron chi connectivity index (χ1n) is 7.88. The summed E-state index contributed by atoms with van der Waals surface area (Å²) in [5.74, 6) is -1.57. The van der Waals surface area contributed by atoms with Gasteiger partial charge in [-0.05, 0) is 29.7 Å². The van der Waals surface area contributed by atoms with Crippen LogP contribution in [-0.2, 0) is 34.7 Å². The van der Waals surface area contributed by atoms with E-state index in [4.69, 9.17) is 0 Å². The summed E-state index contributed by atoms with van der Waals surface area (Å²) in [4.78, 5) is 38.5. The Balaban J connectivity index is 2.17. The average molecular weight is 476 g/mol. The second-order valence-corrected chi connectivity index (χ2v) is 9.38. The fourth-order valence-electron chi connectivity index (χ4n) is 2.76. The van der Waals surface area contributed by atoms with Gasteiger partial charge in [0.15, 0.2) is 0 Å².